The van der Waals surface area contributed by atoms with Crippen molar-refractivity contribution in [3.8, 4) is 0 Å². The van der Waals surface area contributed by atoms with Crippen molar-refractivity contribution < 1.29 is 8.42 Å². The van der Waals surface area contributed by atoms with Crippen LogP contribution < -0.4 is 10.2 Å². The number of nitrogens with zero attached hydrogens (tertiary/aromatic N) is 3. The lowest BCUT2D eigenvalue weighted by molar-refractivity contribution is 0.600. The second-order valence-corrected chi connectivity index (χ2v) is 8.53. The van der Waals surface area contributed by atoms with E-state index >= 15 is 0 Å². The van der Waals surface area contributed by atoms with E-state index in [1.165, 1.54) is 0 Å². The number of aromatic nitrogens is 2. The Hall–Kier alpha value is -2.15. The molecule has 0 bridgehead atoms. The molecule has 3 rings (SSSR count). The molecule has 1 atom stereocenters. The third-order valence-corrected chi connectivity index (χ3v) is 6.07. The number of nitrogens with one attached hydrogen (secondary N) is 1. The highest BCUT2D eigenvalue weighted by molar-refractivity contribution is 7.91. The molecule has 1 saturated heterocycles. The molecule has 0 spiro atoms. The van der Waals surface area contributed by atoms with Gasteiger partial charge < -0.3 is 10.2 Å². The highest BCUT2D eigenvalue weighted by Gasteiger charge is 2.31. The van der Waals surface area contributed by atoms with Gasteiger partial charge in [-0.1, -0.05) is 18.2 Å². The number of hydrogen-bond donors (Lipinski definition) is 1. The van der Waals surface area contributed by atoms with Crippen LogP contribution in [0.4, 0.5) is 17.5 Å². The van der Waals surface area contributed by atoms with Crippen molar-refractivity contribution in [1.82, 2.24) is 9.97 Å². The van der Waals surface area contributed by atoms with Crippen molar-refractivity contribution in [2.24, 2.45) is 0 Å². The zero-order valence-corrected chi connectivity index (χ0v) is 15.0. The first-order valence-corrected chi connectivity index (χ1v) is 9.78. The molecule has 0 saturated carbocycles. The molecule has 6 nitrogen and oxygen atoms in total. The molecule has 128 valence electrons. The Morgan fingerprint density at radius 3 is 2.62 bits per heavy atom. The van der Waals surface area contributed by atoms with Crippen LogP contribution >= 0.6 is 0 Å². The SMILES string of the molecule is Cc1cc(Nc2ccccc2C)nc(N(C)C2CCS(=O)(=O)C2)n1. The van der Waals surface area contributed by atoms with E-state index in [-0.39, 0.29) is 17.5 Å². The molecule has 1 fully saturated rings. The van der Waals surface area contributed by atoms with Crippen LogP contribution in [0.25, 0.3) is 0 Å². The number of aryl methyl sites for hydroxylation is 2. The summed E-state index contributed by atoms with van der Waals surface area (Å²) in [5.41, 5.74) is 2.96. The molecular formula is C17H22N4O2S. The molecule has 2 heterocycles. The second-order valence-electron chi connectivity index (χ2n) is 6.30. The van der Waals surface area contributed by atoms with E-state index in [0.29, 0.717) is 18.2 Å². The van der Waals surface area contributed by atoms with E-state index in [0.717, 1.165) is 16.9 Å². The minimum atomic E-state index is -2.94. The average molecular weight is 346 g/mol. The molecule has 2 aromatic rings. The van der Waals surface area contributed by atoms with Gasteiger partial charge in [0.15, 0.2) is 9.84 Å². The average Bonchev–Trinajstić information content (AvgIpc) is 2.88. The van der Waals surface area contributed by atoms with E-state index in [2.05, 4.69) is 15.3 Å². The van der Waals surface area contributed by atoms with Crippen molar-refractivity contribution in [3.05, 3.63) is 41.6 Å². The Morgan fingerprint density at radius 2 is 1.96 bits per heavy atom. The Balaban J connectivity index is 1.85. The smallest absolute Gasteiger partial charge is 0.227 e. The zero-order valence-electron chi connectivity index (χ0n) is 14.2. The molecule has 0 amide bonds. The van der Waals surface area contributed by atoms with E-state index in [4.69, 9.17) is 0 Å². The number of hydrogen-bond acceptors (Lipinski definition) is 6. The molecule has 1 unspecified atom stereocenters. The predicted molar refractivity (Wildman–Crippen MR) is 96.7 cm³/mol. The van der Waals surface area contributed by atoms with E-state index in [1.54, 1.807) is 0 Å². The summed E-state index contributed by atoms with van der Waals surface area (Å²) in [6.07, 6.45) is 0.622. The molecule has 1 aromatic carbocycles. The fourth-order valence-electron chi connectivity index (χ4n) is 2.87. The summed E-state index contributed by atoms with van der Waals surface area (Å²) < 4.78 is 23.4. The summed E-state index contributed by atoms with van der Waals surface area (Å²) in [5.74, 6) is 1.66. The highest BCUT2D eigenvalue weighted by atomic mass is 32.2. The summed E-state index contributed by atoms with van der Waals surface area (Å²) in [6.45, 7) is 3.94. The fourth-order valence-corrected chi connectivity index (χ4v) is 4.64. The van der Waals surface area contributed by atoms with Gasteiger partial charge in [-0.2, -0.15) is 4.98 Å². The number of rotatable bonds is 4. The van der Waals surface area contributed by atoms with Crippen LogP contribution in [-0.4, -0.2) is 43.0 Å². The van der Waals surface area contributed by atoms with Gasteiger partial charge in [-0.25, -0.2) is 13.4 Å². The lowest BCUT2D eigenvalue weighted by Gasteiger charge is -2.24. The minimum absolute atomic E-state index is 0.0666. The van der Waals surface area contributed by atoms with Crippen LogP contribution in [0.15, 0.2) is 30.3 Å². The summed E-state index contributed by atoms with van der Waals surface area (Å²) in [5, 5.41) is 3.32. The normalized spacial score (nSPS) is 19.2. The first-order chi connectivity index (χ1) is 11.3. The summed E-state index contributed by atoms with van der Waals surface area (Å²) in [7, 11) is -1.08. The van der Waals surface area contributed by atoms with Gasteiger partial charge in [0.2, 0.25) is 5.95 Å². The van der Waals surface area contributed by atoms with Gasteiger partial charge >= 0.3 is 0 Å². The lowest BCUT2D eigenvalue weighted by Crippen LogP contribution is -2.34. The summed E-state index contributed by atoms with van der Waals surface area (Å²) in [6, 6.07) is 9.82. The Kier molecular flexibility index (Phi) is 4.45. The summed E-state index contributed by atoms with van der Waals surface area (Å²) in [4.78, 5) is 10.9. The first-order valence-electron chi connectivity index (χ1n) is 7.96. The maximum Gasteiger partial charge on any atom is 0.227 e. The van der Waals surface area contributed by atoms with Crippen LogP contribution in [0.2, 0.25) is 0 Å². The molecule has 1 N–H and O–H groups in total. The van der Waals surface area contributed by atoms with Gasteiger partial charge in [0.1, 0.15) is 5.82 Å². The number of sulfone groups is 1. The summed E-state index contributed by atoms with van der Waals surface area (Å²) >= 11 is 0. The van der Waals surface area contributed by atoms with E-state index in [1.807, 2.05) is 56.1 Å². The van der Waals surface area contributed by atoms with Gasteiger partial charge in [0.05, 0.1) is 11.5 Å². The predicted octanol–water partition coefficient (Wildman–Crippen LogP) is 2.46. The highest BCUT2D eigenvalue weighted by Crippen LogP contribution is 2.24. The van der Waals surface area contributed by atoms with Gasteiger partial charge in [0.25, 0.3) is 0 Å². The molecule has 0 aliphatic carbocycles. The van der Waals surface area contributed by atoms with Gasteiger partial charge in [0, 0.05) is 30.5 Å². The number of para-hydroxylation sites is 1. The van der Waals surface area contributed by atoms with Gasteiger partial charge in [-0.15, -0.1) is 0 Å². The molecule has 1 aromatic heterocycles. The topological polar surface area (TPSA) is 75.2 Å². The number of anilines is 3. The first kappa shape index (κ1) is 16.7. The van der Waals surface area contributed by atoms with Crippen molar-refractivity contribution in [2.45, 2.75) is 26.3 Å². The van der Waals surface area contributed by atoms with E-state index < -0.39 is 9.84 Å². The molecule has 0 radical (unpaired) electrons. The molecule has 1 aliphatic heterocycles. The third-order valence-electron chi connectivity index (χ3n) is 4.32. The van der Waals surface area contributed by atoms with Crippen molar-refractivity contribution in [2.75, 3.05) is 28.8 Å². The van der Waals surface area contributed by atoms with Crippen LogP contribution in [0.5, 0.6) is 0 Å². The van der Waals surface area contributed by atoms with Crippen molar-refractivity contribution in [3.63, 3.8) is 0 Å². The third kappa shape index (κ3) is 3.67. The Morgan fingerprint density at radius 1 is 1.21 bits per heavy atom. The van der Waals surface area contributed by atoms with Crippen molar-refractivity contribution in [1.29, 1.82) is 0 Å². The maximum absolute atomic E-state index is 11.7. The fraction of sp³-hybridized carbons (Fsp3) is 0.412. The Labute approximate surface area is 142 Å². The van der Waals surface area contributed by atoms with Crippen molar-refractivity contribution >= 4 is 27.3 Å². The van der Waals surface area contributed by atoms with Crippen LogP contribution in [0.1, 0.15) is 17.7 Å². The molecular weight excluding hydrogens is 324 g/mol. The van der Waals surface area contributed by atoms with Crippen LogP contribution in [0, 0.1) is 13.8 Å². The largest absolute Gasteiger partial charge is 0.340 e. The van der Waals surface area contributed by atoms with Gasteiger partial charge in [-0.3, -0.25) is 0 Å². The molecule has 7 heteroatoms. The number of benzene rings is 1. The maximum atomic E-state index is 11.7. The van der Waals surface area contributed by atoms with Crippen LogP contribution in [0.3, 0.4) is 0 Å². The minimum Gasteiger partial charge on any atom is -0.340 e. The second kappa shape index (κ2) is 6.39. The van der Waals surface area contributed by atoms with Crippen LogP contribution in [-0.2, 0) is 9.84 Å². The zero-order chi connectivity index (χ0) is 17.3. The van der Waals surface area contributed by atoms with E-state index in [9.17, 15) is 8.42 Å². The van der Waals surface area contributed by atoms with Gasteiger partial charge in [-0.05, 0) is 31.9 Å². The monoisotopic (exact) mass is 346 g/mol. The lowest BCUT2D eigenvalue weighted by atomic mass is 10.2. The quantitative estimate of drug-likeness (QED) is 0.916. The molecule has 1 aliphatic rings. The Bertz CT molecular complexity index is 851. The molecule has 24 heavy (non-hydrogen) atoms. The standard InChI is InChI=1S/C17H22N4O2S/c1-12-6-4-5-7-15(12)19-16-10-13(2)18-17(20-16)21(3)14-8-9-24(22,23)11-14/h4-7,10,14H,8-9,11H2,1-3H3,(H,18,19,20).